The van der Waals surface area contributed by atoms with Crippen molar-refractivity contribution in [1.82, 2.24) is 19.6 Å². The predicted molar refractivity (Wildman–Crippen MR) is 82.7 cm³/mol. The number of carbonyl (C=O) groups excluding carboxylic acids is 2. The number of rotatable bonds is 2. The first-order valence-electron chi connectivity index (χ1n) is 8.60. The molecule has 0 N–H and O–H groups in total. The topological polar surface area (TPSA) is 58.4 Å². The third-order valence-corrected chi connectivity index (χ3v) is 5.28. The summed E-state index contributed by atoms with van der Waals surface area (Å²) in [7, 11) is 1.31. The van der Waals surface area contributed by atoms with E-state index in [0.29, 0.717) is 6.42 Å². The van der Waals surface area contributed by atoms with Crippen LogP contribution in [0.15, 0.2) is 6.07 Å². The van der Waals surface area contributed by atoms with Gasteiger partial charge in [0.25, 0.3) is 0 Å². The van der Waals surface area contributed by atoms with Crippen molar-refractivity contribution in [2.45, 2.75) is 25.2 Å². The number of halogens is 6. The molecule has 1 aromatic heterocycles. The summed E-state index contributed by atoms with van der Waals surface area (Å²) in [6, 6.07) is 0.809. The van der Waals surface area contributed by atoms with Crippen LogP contribution < -0.4 is 0 Å². The second kappa shape index (κ2) is 6.96. The molecule has 28 heavy (non-hydrogen) atoms. The van der Waals surface area contributed by atoms with E-state index in [9.17, 15) is 35.9 Å². The van der Waals surface area contributed by atoms with Crippen LogP contribution in [0.2, 0.25) is 0 Å². The largest absolute Gasteiger partial charge is 0.471 e. The fraction of sp³-hybridized carbons (Fsp3) is 0.688. The molecule has 2 atom stereocenters. The quantitative estimate of drug-likeness (QED) is 0.697. The molecule has 2 saturated heterocycles. The summed E-state index contributed by atoms with van der Waals surface area (Å²) in [5.41, 5.74) is -0.992. The molecule has 3 rings (SSSR count). The lowest BCUT2D eigenvalue weighted by Gasteiger charge is -2.34. The van der Waals surface area contributed by atoms with Gasteiger partial charge in [0.2, 0.25) is 5.91 Å². The summed E-state index contributed by atoms with van der Waals surface area (Å²) >= 11 is 0. The molecule has 3 heterocycles. The molecule has 2 amide bonds. The van der Waals surface area contributed by atoms with Gasteiger partial charge < -0.3 is 9.80 Å². The van der Waals surface area contributed by atoms with Gasteiger partial charge in [0.05, 0.1) is 6.42 Å². The Labute approximate surface area is 156 Å². The van der Waals surface area contributed by atoms with Crippen LogP contribution in [0.25, 0.3) is 0 Å². The maximum absolute atomic E-state index is 12.7. The second-order valence-electron chi connectivity index (χ2n) is 7.18. The summed E-state index contributed by atoms with van der Waals surface area (Å²) in [6.45, 7) is 0.381. The lowest BCUT2D eigenvalue weighted by atomic mass is 9.88. The third kappa shape index (κ3) is 4.09. The van der Waals surface area contributed by atoms with Crippen LogP contribution >= 0.6 is 0 Å². The van der Waals surface area contributed by atoms with Crippen LogP contribution in [0.5, 0.6) is 0 Å². The van der Waals surface area contributed by atoms with Crippen LogP contribution in [-0.2, 0) is 29.2 Å². The van der Waals surface area contributed by atoms with Gasteiger partial charge in [-0.15, -0.1) is 0 Å². The van der Waals surface area contributed by atoms with Crippen molar-refractivity contribution in [2.24, 2.45) is 18.9 Å². The number of nitrogens with zero attached hydrogens (tertiary/aromatic N) is 4. The van der Waals surface area contributed by atoms with Crippen molar-refractivity contribution in [1.29, 1.82) is 0 Å². The number of aryl methyl sites for hydroxylation is 1. The van der Waals surface area contributed by atoms with Gasteiger partial charge in [-0.05, 0) is 24.3 Å². The van der Waals surface area contributed by atoms with Gasteiger partial charge >= 0.3 is 18.3 Å². The zero-order valence-corrected chi connectivity index (χ0v) is 14.8. The number of likely N-dealkylation sites (tertiary alicyclic amines) is 2. The number of amides is 2. The first kappa shape index (κ1) is 20.5. The molecule has 12 heteroatoms. The van der Waals surface area contributed by atoms with Crippen molar-refractivity contribution < 1.29 is 35.9 Å². The second-order valence-corrected chi connectivity index (χ2v) is 7.18. The van der Waals surface area contributed by atoms with Gasteiger partial charge in [-0.2, -0.15) is 31.4 Å². The first-order valence-corrected chi connectivity index (χ1v) is 8.60. The number of alkyl halides is 6. The Morgan fingerprint density at radius 1 is 1.07 bits per heavy atom. The minimum Gasteiger partial charge on any atom is -0.342 e. The van der Waals surface area contributed by atoms with Gasteiger partial charge in [-0.25, -0.2) is 0 Å². The number of hydrogen-bond donors (Lipinski definition) is 0. The number of piperidine rings is 1. The lowest BCUT2D eigenvalue weighted by molar-refractivity contribution is -0.184. The molecule has 0 radical (unpaired) electrons. The Bertz CT molecular complexity index is 772. The van der Waals surface area contributed by atoms with E-state index in [0.717, 1.165) is 15.6 Å². The van der Waals surface area contributed by atoms with E-state index in [4.69, 9.17) is 0 Å². The SMILES string of the molecule is Cn1nc(C(F)(F)F)cc1CC(=O)N1CCC2CN(C(=O)C(F)(F)F)CC2C1. The van der Waals surface area contributed by atoms with Gasteiger partial charge in [-0.3, -0.25) is 14.3 Å². The molecule has 0 spiro atoms. The molecule has 2 aliphatic rings. The molecule has 0 aliphatic carbocycles. The van der Waals surface area contributed by atoms with Gasteiger partial charge in [-0.1, -0.05) is 0 Å². The molecule has 0 saturated carbocycles. The molecule has 0 aromatic carbocycles. The van der Waals surface area contributed by atoms with Crippen molar-refractivity contribution in [3.05, 3.63) is 17.5 Å². The molecule has 156 valence electrons. The molecule has 1 aromatic rings. The third-order valence-electron chi connectivity index (χ3n) is 5.28. The van der Waals surface area contributed by atoms with Gasteiger partial charge in [0.1, 0.15) is 0 Å². The molecule has 6 nitrogen and oxygen atoms in total. The Hall–Kier alpha value is -2.27. The highest BCUT2D eigenvalue weighted by Gasteiger charge is 2.48. The zero-order chi connectivity index (χ0) is 20.9. The minimum absolute atomic E-state index is 0.00170. The summed E-state index contributed by atoms with van der Waals surface area (Å²) in [4.78, 5) is 26.1. The van der Waals surface area contributed by atoms with Gasteiger partial charge in [0, 0.05) is 38.9 Å². The normalized spacial score (nSPS) is 23.1. The van der Waals surface area contributed by atoms with Crippen LogP contribution in [0, 0.1) is 11.8 Å². The van der Waals surface area contributed by atoms with E-state index in [1.165, 1.54) is 11.9 Å². The van der Waals surface area contributed by atoms with E-state index >= 15 is 0 Å². The molecule has 2 unspecified atom stereocenters. The standard InChI is InChI=1S/C16H18F6N4O2/c1-24-11(4-12(23-24)15(17,18)19)5-13(27)25-3-2-9-6-26(8-10(9)7-25)14(28)16(20,21)22/h4,9-10H,2-3,5-8H2,1H3. The highest BCUT2D eigenvalue weighted by atomic mass is 19.4. The number of carbonyl (C=O) groups is 2. The van der Waals surface area contributed by atoms with E-state index in [2.05, 4.69) is 5.10 Å². The van der Waals surface area contributed by atoms with Crippen molar-refractivity contribution in [3.8, 4) is 0 Å². The van der Waals surface area contributed by atoms with E-state index in [1.54, 1.807) is 0 Å². The Kier molecular flexibility index (Phi) is 5.09. The fourth-order valence-electron chi connectivity index (χ4n) is 3.82. The van der Waals surface area contributed by atoms with Crippen LogP contribution in [0.1, 0.15) is 17.8 Å². The van der Waals surface area contributed by atoms with Gasteiger partial charge in [0.15, 0.2) is 5.69 Å². The molecular weight excluding hydrogens is 394 g/mol. The fourth-order valence-corrected chi connectivity index (χ4v) is 3.82. The van der Waals surface area contributed by atoms with Crippen LogP contribution in [0.4, 0.5) is 26.3 Å². The number of aromatic nitrogens is 2. The Morgan fingerprint density at radius 3 is 2.25 bits per heavy atom. The minimum atomic E-state index is -4.93. The summed E-state index contributed by atoms with van der Waals surface area (Å²) in [5.74, 6) is -2.70. The highest BCUT2D eigenvalue weighted by molar-refractivity contribution is 5.82. The van der Waals surface area contributed by atoms with E-state index in [1.807, 2.05) is 0 Å². The molecule has 0 bridgehead atoms. The van der Waals surface area contributed by atoms with Crippen LogP contribution in [-0.4, -0.2) is 63.7 Å². The van der Waals surface area contributed by atoms with Crippen LogP contribution in [0.3, 0.4) is 0 Å². The first-order chi connectivity index (χ1) is 12.9. The average molecular weight is 412 g/mol. The van der Waals surface area contributed by atoms with E-state index in [-0.39, 0.29) is 50.1 Å². The van der Waals surface area contributed by atoms with Crippen molar-refractivity contribution >= 4 is 11.8 Å². The smallest absolute Gasteiger partial charge is 0.342 e. The summed E-state index contributed by atoms with van der Waals surface area (Å²) in [6.07, 6.45) is -9.39. The highest BCUT2D eigenvalue weighted by Crippen LogP contribution is 2.34. The summed E-state index contributed by atoms with van der Waals surface area (Å²) in [5, 5.41) is 3.36. The Morgan fingerprint density at radius 2 is 1.68 bits per heavy atom. The molecular formula is C16H18F6N4O2. The van der Waals surface area contributed by atoms with Crippen molar-refractivity contribution in [3.63, 3.8) is 0 Å². The predicted octanol–water partition coefficient (Wildman–Crippen LogP) is 1.85. The average Bonchev–Trinajstić information content (AvgIpc) is 3.16. The van der Waals surface area contributed by atoms with E-state index < -0.39 is 29.9 Å². The monoisotopic (exact) mass is 412 g/mol. The van der Waals surface area contributed by atoms with Crippen molar-refractivity contribution in [2.75, 3.05) is 26.2 Å². The zero-order valence-electron chi connectivity index (χ0n) is 14.8. The maximum atomic E-state index is 12.7. The molecule has 2 fully saturated rings. The summed E-state index contributed by atoms with van der Waals surface area (Å²) < 4.78 is 77.0. The Balaban J connectivity index is 1.62. The molecule has 2 aliphatic heterocycles. The lowest BCUT2D eigenvalue weighted by Crippen LogP contribution is -2.44. The number of fused-ring (bicyclic) bond motifs is 1. The number of hydrogen-bond acceptors (Lipinski definition) is 3. The maximum Gasteiger partial charge on any atom is 0.471 e.